The predicted octanol–water partition coefficient (Wildman–Crippen LogP) is 2.45. The molecule has 0 aliphatic carbocycles. The number of rotatable bonds is 9. The average Bonchev–Trinajstić information content (AvgIpc) is 3.00. The van der Waals surface area contributed by atoms with Crippen LogP contribution in [0, 0.1) is 11.8 Å². The maximum atomic E-state index is 12.9. The fraction of sp³-hybridized carbons (Fsp3) is 0.533. The topological polar surface area (TPSA) is 139 Å². The summed E-state index contributed by atoms with van der Waals surface area (Å²) in [5, 5.41) is 6.24. The van der Waals surface area contributed by atoms with Crippen LogP contribution in [0.4, 0.5) is 5.82 Å². The molecule has 4 N–H and O–H groups in total. The Bertz CT molecular complexity index is 1300. The van der Waals surface area contributed by atoms with Crippen LogP contribution in [-0.2, 0) is 4.74 Å². The maximum absolute atomic E-state index is 12.9. The third-order valence-corrected chi connectivity index (χ3v) is 8.97. The van der Waals surface area contributed by atoms with E-state index in [9.17, 15) is 14.4 Å². The van der Waals surface area contributed by atoms with Crippen LogP contribution in [0.3, 0.4) is 0 Å². The van der Waals surface area contributed by atoms with Gasteiger partial charge in [-0.2, -0.15) is 4.98 Å². The van der Waals surface area contributed by atoms with E-state index >= 15 is 0 Å². The molecule has 11 nitrogen and oxygen atoms in total. The van der Waals surface area contributed by atoms with E-state index in [2.05, 4.69) is 32.3 Å². The SMILES string of the molecule is COc1nc(N)c(Cl)cc1C(=O)N[C@H]1CCN(CCNC(=O)c2ccc(C(=O)O[C@H]3CN4CCC3CC4)cc2)C[C@H]1C. The lowest BCUT2D eigenvalue weighted by molar-refractivity contribution is -0.0455. The fourth-order valence-corrected chi connectivity index (χ4v) is 6.29. The van der Waals surface area contributed by atoms with Gasteiger partial charge in [-0.15, -0.1) is 0 Å². The number of hydrogen-bond donors (Lipinski definition) is 3. The number of carbonyl (C=O) groups excluding carboxylic acids is 3. The van der Waals surface area contributed by atoms with Gasteiger partial charge in [-0.05, 0) is 74.5 Å². The number of pyridine rings is 1. The Balaban J connectivity index is 1.04. The molecule has 1 aromatic carbocycles. The number of nitrogens with zero attached hydrogens (tertiary/aromatic N) is 3. The van der Waals surface area contributed by atoms with Crippen molar-refractivity contribution in [3.63, 3.8) is 0 Å². The van der Waals surface area contributed by atoms with Gasteiger partial charge in [-0.25, -0.2) is 4.79 Å². The summed E-state index contributed by atoms with van der Waals surface area (Å²) >= 11 is 6.07. The fourth-order valence-electron chi connectivity index (χ4n) is 6.14. The van der Waals surface area contributed by atoms with Crippen molar-refractivity contribution in [2.45, 2.75) is 38.3 Å². The molecule has 4 fully saturated rings. The molecule has 2 amide bonds. The van der Waals surface area contributed by atoms with Gasteiger partial charge in [0, 0.05) is 44.3 Å². The summed E-state index contributed by atoms with van der Waals surface area (Å²) in [6.07, 6.45) is 2.88. The van der Waals surface area contributed by atoms with E-state index in [1.54, 1.807) is 24.3 Å². The quantitative estimate of drug-likeness (QED) is 0.371. The molecule has 5 heterocycles. The second-order valence-corrected chi connectivity index (χ2v) is 11.9. The zero-order valence-electron chi connectivity index (χ0n) is 24.1. The zero-order valence-corrected chi connectivity index (χ0v) is 24.9. The molecule has 42 heavy (non-hydrogen) atoms. The first-order valence-electron chi connectivity index (χ1n) is 14.6. The minimum absolute atomic E-state index is 0.0275. The van der Waals surface area contributed by atoms with Gasteiger partial charge in [0.2, 0.25) is 5.88 Å². The summed E-state index contributed by atoms with van der Waals surface area (Å²) in [5.74, 6) is 0.0544. The van der Waals surface area contributed by atoms with Crippen LogP contribution in [0.25, 0.3) is 0 Å². The van der Waals surface area contributed by atoms with E-state index in [4.69, 9.17) is 26.8 Å². The van der Waals surface area contributed by atoms with Crippen molar-refractivity contribution in [2.24, 2.45) is 11.8 Å². The third-order valence-electron chi connectivity index (χ3n) is 8.66. The predicted molar refractivity (Wildman–Crippen MR) is 159 cm³/mol. The Kier molecular flexibility index (Phi) is 9.50. The van der Waals surface area contributed by atoms with Crippen LogP contribution in [-0.4, -0.2) is 97.6 Å². The van der Waals surface area contributed by atoms with Crippen molar-refractivity contribution in [1.29, 1.82) is 0 Å². The van der Waals surface area contributed by atoms with Crippen molar-refractivity contribution in [3.05, 3.63) is 52.0 Å². The molecule has 1 aromatic heterocycles. The van der Waals surface area contributed by atoms with E-state index < -0.39 is 0 Å². The van der Waals surface area contributed by atoms with Crippen molar-refractivity contribution in [2.75, 3.05) is 58.7 Å². The second kappa shape index (κ2) is 13.3. The Hall–Kier alpha value is -3.41. The van der Waals surface area contributed by atoms with E-state index in [0.717, 1.165) is 52.0 Å². The first kappa shape index (κ1) is 30.1. The van der Waals surface area contributed by atoms with Crippen LogP contribution in [0.1, 0.15) is 57.3 Å². The molecule has 4 aliphatic rings. The number of carbonyl (C=O) groups is 3. The maximum Gasteiger partial charge on any atom is 0.338 e. The molecule has 4 aliphatic heterocycles. The number of nitrogen functional groups attached to an aromatic ring is 1. The number of piperidine rings is 4. The lowest BCUT2D eigenvalue weighted by Crippen LogP contribution is -2.51. The number of nitrogens with two attached hydrogens (primary N) is 1. The molecular weight excluding hydrogens is 560 g/mol. The zero-order chi connectivity index (χ0) is 29.8. The standard InChI is InChI=1S/C30H39ClN6O5/c1-18-16-37(13-9-24(18)34-28(39)22-15-23(31)26(32)35-29(22)41-2)14-10-33-27(38)20-3-5-21(6-4-20)30(40)42-25-17-36-11-7-19(25)8-12-36/h3-6,15,18-19,24-25H,7-14,16-17H2,1-2H3,(H2,32,35)(H,33,38)(H,34,39)/t18-,24+,25+/m1/s1. The second-order valence-electron chi connectivity index (χ2n) is 11.5. The third kappa shape index (κ3) is 6.96. The number of benzene rings is 1. The van der Waals surface area contributed by atoms with Crippen molar-refractivity contribution in [1.82, 2.24) is 25.4 Å². The van der Waals surface area contributed by atoms with Gasteiger partial charge >= 0.3 is 5.97 Å². The molecule has 0 spiro atoms. The van der Waals surface area contributed by atoms with Gasteiger partial charge in [0.1, 0.15) is 17.5 Å². The Morgan fingerprint density at radius 3 is 2.40 bits per heavy atom. The van der Waals surface area contributed by atoms with Gasteiger partial charge < -0.3 is 30.7 Å². The molecule has 226 valence electrons. The van der Waals surface area contributed by atoms with Crippen molar-refractivity contribution < 1.29 is 23.9 Å². The number of ether oxygens (including phenoxy) is 2. The minimum atomic E-state index is -0.331. The molecule has 2 aromatic rings. The van der Waals surface area contributed by atoms with Crippen LogP contribution in [0.5, 0.6) is 5.88 Å². The van der Waals surface area contributed by atoms with Gasteiger partial charge in [0.25, 0.3) is 11.8 Å². The number of anilines is 1. The van der Waals surface area contributed by atoms with Gasteiger partial charge in [-0.1, -0.05) is 18.5 Å². The van der Waals surface area contributed by atoms with Crippen molar-refractivity contribution >= 4 is 35.2 Å². The Labute approximate surface area is 251 Å². The number of fused-ring (bicyclic) bond motifs is 3. The molecule has 12 heteroatoms. The van der Waals surface area contributed by atoms with Crippen LogP contribution >= 0.6 is 11.6 Å². The van der Waals surface area contributed by atoms with Gasteiger partial charge in [0.15, 0.2) is 0 Å². The first-order chi connectivity index (χ1) is 20.2. The van der Waals surface area contributed by atoms with Crippen LogP contribution in [0.2, 0.25) is 5.02 Å². The number of aromatic nitrogens is 1. The number of likely N-dealkylation sites (tertiary alicyclic amines) is 1. The Morgan fingerprint density at radius 2 is 1.76 bits per heavy atom. The lowest BCUT2D eigenvalue weighted by atomic mass is 9.86. The summed E-state index contributed by atoms with van der Waals surface area (Å²) in [6, 6.07) is 8.08. The normalized spacial score (nSPS) is 25.5. The molecule has 0 saturated carbocycles. The minimum Gasteiger partial charge on any atom is -0.480 e. The number of halogens is 1. The highest BCUT2D eigenvalue weighted by atomic mass is 35.5. The molecule has 0 radical (unpaired) electrons. The summed E-state index contributed by atoms with van der Waals surface area (Å²) in [7, 11) is 1.43. The van der Waals surface area contributed by atoms with Crippen LogP contribution in [0.15, 0.2) is 30.3 Å². The molecule has 2 bridgehead atoms. The highest BCUT2D eigenvalue weighted by Gasteiger charge is 2.36. The number of amides is 2. The van der Waals surface area contributed by atoms with E-state index in [0.29, 0.717) is 30.1 Å². The molecule has 3 atom stereocenters. The van der Waals surface area contributed by atoms with Gasteiger partial charge in [0.05, 0.1) is 17.7 Å². The largest absolute Gasteiger partial charge is 0.480 e. The van der Waals surface area contributed by atoms with E-state index in [-0.39, 0.29) is 58.1 Å². The molecule has 0 unspecified atom stereocenters. The summed E-state index contributed by atoms with van der Waals surface area (Å²) in [6.45, 7) is 7.80. The highest BCUT2D eigenvalue weighted by Crippen LogP contribution is 2.30. The molecular formula is C30H39ClN6O5. The summed E-state index contributed by atoms with van der Waals surface area (Å²) in [5.41, 5.74) is 6.93. The smallest absolute Gasteiger partial charge is 0.338 e. The molecule has 4 saturated heterocycles. The monoisotopic (exact) mass is 598 g/mol. The van der Waals surface area contributed by atoms with Crippen LogP contribution < -0.4 is 21.1 Å². The summed E-state index contributed by atoms with van der Waals surface area (Å²) in [4.78, 5) is 47.0. The van der Waals surface area contributed by atoms with Gasteiger partial charge in [-0.3, -0.25) is 14.5 Å². The number of esters is 1. The Morgan fingerprint density at radius 1 is 1.05 bits per heavy atom. The number of nitrogens with one attached hydrogen (secondary N) is 2. The summed E-state index contributed by atoms with van der Waals surface area (Å²) < 4.78 is 11.0. The van der Waals surface area contributed by atoms with E-state index in [1.165, 1.54) is 13.2 Å². The number of hydrogen-bond acceptors (Lipinski definition) is 9. The average molecular weight is 599 g/mol. The van der Waals surface area contributed by atoms with E-state index in [1.807, 2.05) is 0 Å². The molecule has 6 rings (SSSR count). The number of methoxy groups -OCH3 is 1. The first-order valence-corrected chi connectivity index (χ1v) is 14.9. The lowest BCUT2D eigenvalue weighted by Gasteiger charge is -2.43. The highest BCUT2D eigenvalue weighted by molar-refractivity contribution is 6.33. The van der Waals surface area contributed by atoms with Crippen molar-refractivity contribution in [3.8, 4) is 5.88 Å².